The minimum atomic E-state index is -0.129. The molecule has 0 unspecified atom stereocenters. The summed E-state index contributed by atoms with van der Waals surface area (Å²) in [5.74, 6) is 0.833. The van der Waals surface area contributed by atoms with Gasteiger partial charge in [-0.2, -0.15) is 0 Å². The summed E-state index contributed by atoms with van der Waals surface area (Å²) in [5, 5.41) is 2.39. The molecule has 0 amide bonds. The van der Waals surface area contributed by atoms with E-state index in [1.54, 1.807) is 0 Å². The number of esters is 1. The van der Waals surface area contributed by atoms with E-state index in [1.807, 2.05) is 24.3 Å². The van der Waals surface area contributed by atoms with Crippen LogP contribution < -0.4 is 4.74 Å². The summed E-state index contributed by atoms with van der Waals surface area (Å²) in [6.07, 6.45) is 0.473. The number of ether oxygens (including phenoxy) is 1. The van der Waals surface area contributed by atoms with Crippen LogP contribution in [0.1, 0.15) is 24.8 Å². The average molecular weight is 212 g/mol. The molecule has 0 spiro atoms. The lowest BCUT2D eigenvalue weighted by Crippen LogP contribution is -2.18. The summed E-state index contributed by atoms with van der Waals surface area (Å²) in [4.78, 5) is 11.4. The van der Waals surface area contributed by atoms with Crippen molar-refractivity contribution in [2.75, 3.05) is 0 Å². The Balaban J connectivity index is 2.33. The molecular weight excluding hydrogens is 200 g/mol. The van der Waals surface area contributed by atoms with E-state index in [0.717, 1.165) is 11.3 Å². The van der Waals surface area contributed by atoms with Crippen molar-refractivity contribution in [3.8, 4) is 5.75 Å². The molecule has 0 aromatic heterocycles. The van der Waals surface area contributed by atoms with Gasteiger partial charge in [-0.1, -0.05) is 37.3 Å². The van der Waals surface area contributed by atoms with Crippen LogP contribution in [0.25, 0.3) is 10.8 Å². The molecule has 0 aliphatic carbocycles. The van der Waals surface area contributed by atoms with Crippen LogP contribution in [0.3, 0.4) is 0 Å². The molecule has 3 rings (SSSR count). The number of rotatable bonds is 0. The van der Waals surface area contributed by atoms with Crippen molar-refractivity contribution < 1.29 is 9.53 Å². The maximum absolute atomic E-state index is 11.4. The van der Waals surface area contributed by atoms with Gasteiger partial charge in [-0.15, -0.1) is 0 Å². The molecule has 0 N–H and O–H groups in total. The van der Waals surface area contributed by atoms with E-state index in [9.17, 15) is 4.79 Å². The second-order valence-corrected chi connectivity index (χ2v) is 4.28. The second kappa shape index (κ2) is 3.34. The van der Waals surface area contributed by atoms with Crippen molar-refractivity contribution in [2.24, 2.45) is 0 Å². The molecule has 2 aromatic rings. The maximum Gasteiger partial charge on any atom is 0.311 e. The predicted molar refractivity (Wildman–Crippen MR) is 62.6 cm³/mol. The molecule has 0 radical (unpaired) electrons. The van der Waals surface area contributed by atoms with Crippen molar-refractivity contribution in [2.45, 2.75) is 19.3 Å². The van der Waals surface area contributed by atoms with Crippen LogP contribution in [-0.4, -0.2) is 5.97 Å². The summed E-state index contributed by atoms with van der Waals surface area (Å²) in [5.41, 5.74) is 1.16. The Bertz CT molecular complexity index is 572. The molecular formula is C14H12O2. The lowest BCUT2D eigenvalue weighted by atomic mass is 9.90. The van der Waals surface area contributed by atoms with Crippen LogP contribution >= 0.6 is 0 Å². The summed E-state index contributed by atoms with van der Waals surface area (Å²) >= 11 is 0. The molecule has 0 saturated heterocycles. The Morgan fingerprint density at radius 3 is 2.88 bits per heavy atom. The van der Waals surface area contributed by atoms with Gasteiger partial charge in [0.2, 0.25) is 0 Å². The normalized spacial score (nSPS) is 19.3. The first-order valence-electron chi connectivity index (χ1n) is 5.48. The minimum absolute atomic E-state index is 0.129. The summed E-state index contributed by atoms with van der Waals surface area (Å²) in [6.45, 7) is 2.08. The van der Waals surface area contributed by atoms with Crippen LogP contribution in [-0.2, 0) is 4.79 Å². The average Bonchev–Trinajstić information content (AvgIpc) is 2.28. The zero-order valence-electron chi connectivity index (χ0n) is 9.07. The largest absolute Gasteiger partial charge is 0.426 e. The Labute approximate surface area is 93.8 Å². The third kappa shape index (κ3) is 1.30. The first kappa shape index (κ1) is 9.40. The van der Waals surface area contributed by atoms with E-state index in [1.165, 1.54) is 10.8 Å². The highest BCUT2D eigenvalue weighted by Gasteiger charge is 2.25. The minimum Gasteiger partial charge on any atom is -0.426 e. The molecule has 1 heterocycles. The smallest absolute Gasteiger partial charge is 0.311 e. The van der Waals surface area contributed by atoms with Gasteiger partial charge in [-0.3, -0.25) is 4.79 Å². The van der Waals surface area contributed by atoms with Crippen LogP contribution in [0, 0.1) is 0 Å². The van der Waals surface area contributed by atoms with Crippen molar-refractivity contribution in [3.05, 3.63) is 42.0 Å². The lowest BCUT2D eigenvalue weighted by molar-refractivity contribution is -0.135. The molecule has 2 heteroatoms. The summed E-state index contributed by atoms with van der Waals surface area (Å²) < 4.78 is 5.27. The van der Waals surface area contributed by atoms with Crippen LogP contribution in [0.4, 0.5) is 0 Å². The van der Waals surface area contributed by atoms with Gasteiger partial charge in [0, 0.05) is 5.56 Å². The lowest BCUT2D eigenvalue weighted by Gasteiger charge is -2.23. The van der Waals surface area contributed by atoms with Gasteiger partial charge in [0.05, 0.1) is 6.42 Å². The molecule has 2 nitrogen and oxygen atoms in total. The highest BCUT2D eigenvalue weighted by Crippen LogP contribution is 2.38. The van der Waals surface area contributed by atoms with Gasteiger partial charge in [0.15, 0.2) is 0 Å². The van der Waals surface area contributed by atoms with Crippen LogP contribution in [0.2, 0.25) is 0 Å². The molecule has 0 saturated carbocycles. The third-order valence-electron chi connectivity index (χ3n) is 3.12. The third-order valence-corrected chi connectivity index (χ3v) is 3.12. The Hall–Kier alpha value is -1.83. The van der Waals surface area contributed by atoms with Crippen LogP contribution in [0.5, 0.6) is 5.75 Å². The molecule has 1 atom stereocenters. The fraction of sp³-hybridized carbons (Fsp3) is 0.214. The monoisotopic (exact) mass is 212 g/mol. The van der Waals surface area contributed by atoms with Gasteiger partial charge in [-0.25, -0.2) is 0 Å². The zero-order valence-corrected chi connectivity index (χ0v) is 9.07. The van der Waals surface area contributed by atoms with E-state index in [-0.39, 0.29) is 11.9 Å². The van der Waals surface area contributed by atoms with Gasteiger partial charge in [0.1, 0.15) is 5.75 Å². The number of benzene rings is 2. The first-order chi connectivity index (χ1) is 7.75. The van der Waals surface area contributed by atoms with Gasteiger partial charge in [-0.05, 0) is 22.8 Å². The number of hydrogen-bond acceptors (Lipinski definition) is 2. The standard InChI is InChI=1S/C14H12O2/c1-9-8-13(15)16-12-7-6-10-4-2-3-5-11(10)14(9)12/h2-7,9H,8H2,1H3/t9-/m1/s1. The SMILES string of the molecule is C[C@@H]1CC(=O)Oc2ccc3ccccc3c21. The van der Waals surface area contributed by atoms with E-state index in [2.05, 4.69) is 19.1 Å². The number of fused-ring (bicyclic) bond motifs is 3. The fourth-order valence-corrected chi connectivity index (χ4v) is 2.39. The number of carbonyl (C=O) groups is 1. The summed E-state index contributed by atoms with van der Waals surface area (Å²) in [6, 6.07) is 12.1. The molecule has 80 valence electrons. The molecule has 2 aromatic carbocycles. The number of hydrogen-bond donors (Lipinski definition) is 0. The molecule has 1 aliphatic rings. The van der Waals surface area contributed by atoms with Gasteiger partial charge >= 0.3 is 5.97 Å². The quantitative estimate of drug-likeness (QED) is 0.495. The topological polar surface area (TPSA) is 26.3 Å². The highest BCUT2D eigenvalue weighted by atomic mass is 16.5. The molecule has 16 heavy (non-hydrogen) atoms. The van der Waals surface area contributed by atoms with Gasteiger partial charge in [0.25, 0.3) is 0 Å². The van der Waals surface area contributed by atoms with Crippen molar-refractivity contribution in [1.29, 1.82) is 0 Å². The van der Waals surface area contributed by atoms with E-state index >= 15 is 0 Å². The van der Waals surface area contributed by atoms with Crippen molar-refractivity contribution in [3.63, 3.8) is 0 Å². The molecule has 0 bridgehead atoms. The Morgan fingerprint density at radius 1 is 1.19 bits per heavy atom. The van der Waals surface area contributed by atoms with Crippen molar-refractivity contribution >= 4 is 16.7 Å². The molecule has 1 aliphatic heterocycles. The first-order valence-corrected chi connectivity index (χ1v) is 5.48. The predicted octanol–water partition coefficient (Wildman–Crippen LogP) is 3.25. The second-order valence-electron chi connectivity index (χ2n) is 4.28. The Kier molecular flexibility index (Phi) is 1.96. The van der Waals surface area contributed by atoms with E-state index in [0.29, 0.717) is 6.42 Å². The van der Waals surface area contributed by atoms with E-state index < -0.39 is 0 Å². The Morgan fingerprint density at radius 2 is 2.00 bits per heavy atom. The summed E-state index contributed by atoms with van der Waals surface area (Å²) in [7, 11) is 0. The van der Waals surface area contributed by atoms with Crippen LogP contribution in [0.15, 0.2) is 36.4 Å². The van der Waals surface area contributed by atoms with Gasteiger partial charge < -0.3 is 4.74 Å². The van der Waals surface area contributed by atoms with Crippen molar-refractivity contribution in [1.82, 2.24) is 0 Å². The molecule has 0 fully saturated rings. The zero-order chi connectivity index (χ0) is 11.1. The highest BCUT2D eigenvalue weighted by molar-refractivity contribution is 5.91. The number of carbonyl (C=O) groups excluding carboxylic acids is 1. The van der Waals surface area contributed by atoms with E-state index in [4.69, 9.17) is 4.74 Å². The maximum atomic E-state index is 11.4. The fourth-order valence-electron chi connectivity index (χ4n) is 2.39.